The Kier molecular flexibility index (Phi) is 6.09. The Morgan fingerprint density at radius 1 is 1.29 bits per heavy atom. The molecular weight excluding hydrogens is 218 g/mol. The molecule has 17 heavy (non-hydrogen) atoms. The van der Waals surface area contributed by atoms with Crippen LogP contribution in [0.15, 0.2) is 0 Å². The lowest BCUT2D eigenvalue weighted by Gasteiger charge is -2.25. The van der Waals surface area contributed by atoms with Gasteiger partial charge in [0.1, 0.15) is 5.72 Å². The molecule has 0 fully saturated rings. The average molecular weight is 245 g/mol. The van der Waals surface area contributed by atoms with Gasteiger partial charge >= 0.3 is 0 Å². The minimum Gasteiger partial charge on any atom is -0.360 e. The van der Waals surface area contributed by atoms with Crippen LogP contribution in [-0.4, -0.2) is 36.4 Å². The van der Waals surface area contributed by atoms with E-state index in [2.05, 4.69) is 10.6 Å². The number of ether oxygens (including phenoxy) is 1. The fourth-order valence-corrected chi connectivity index (χ4v) is 1.36. The van der Waals surface area contributed by atoms with E-state index in [0.717, 1.165) is 0 Å². The van der Waals surface area contributed by atoms with Crippen LogP contribution in [0.1, 0.15) is 41.5 Å². The average Bonchev–Trinajstić information content (AvgIpc) is 2.07. The molecule has 5 heteroatoms. The zero-order valence-electron chi connectivity index (χ0n) is 11.9. The maximum absolute atomic E-state index is 11.7. The van der Waals surface area contributed by atoms with Crippen LogP contribution in [0, 0.1) is 0 Å². The van der Waals surface area contributed by atoms with Crippen LogP contribution in [0.2, 0.25) is 0 Å². The molecule has 0 aliphatic carbocycles. The third-order valence-corrected chi connectivity index (χ3v) is 1.92. The van der Waals surface area contributed by atoms with Crippen LogP contribution in [0.4, 0.5) is 0 Å². The molecule has 0 aliphatic heterocycles. The van der Waals surface area contributed by atoms with Crippen molar-refractivity contribution < 1.29 is 9.53 Å². The quantitative estimate of drug-likeness (QED) is 0.473. The summed E-state index contributed by atoms with van der Waals surface area (Å²) in [5, 5.41) is 5.99. The van der Waals surface area contributed by atoms with E-state index in [9.17, 15) is 4.79 Å². The highest BCUT2D eigenvalue weighted by molar-refractivity contribution is 5.81. The van der Waals surface area contributed by atoms with Crippen molar-refractivity contribution in [2.24, 2.45) is 5.73 Å². The molecule has 0 heterocycles. The molecule has 0 bridgehead atoms. The molecular formula is C12H27N3O2. The molecule has 0 aromatic heterocycles. The monoisotopic (exact) mass is 245 g/mol. The van der Waals surface area contributed by atoms with Crippen molar-refractivity contribution >= 4 is 5.91 Å². The highest BCUT2D eigenvalue weighted by Gasteiger charge is 2.19. The molecule has 0 saturated carbocycles. The van der Waals surface area contributed by atoms with Gasteiger partial charge in [-0.15, -0.1) is 0 Å². The molecule has 0 radical (unpaired) electrons. The SMILES string of the molecule is CC(NC(C)(C)C)C(=O)NCCOC(C)(C)N. The van der Waals surface area contributed by atoms with Gasteiger partial charge in [-0.25, -0.2) is 0 Å². The maximum atomic E-state index is 11.7. The van der Waals surface area contributed by atoms with Crippen LogP contribution in [0.3, 0.4) is 0 Å². The number of rotatable bonds is 6. The number of nitrogens with two attached hydrogens (primary N) is 1. The molecule has 1 amide bonds. The largest absolute Gasteiger partial charge is 0.360 e. The molecule has 0 aromatic rings. The summed E-state index contributed by atoms with van der Waals surface area (Å²) in [7, 11) is 0. The number of hydrogen-bond acceptors (Lipinski definition) is 4. The van der Waals surface area contributed by atoms with Crippen LogP contribution in [0.5, 0.6) is 0 Å². The standard InChI is InChI=1S/C12H27N3O2/c1-9(15-11(2,3)4)10(16)14-7-8-17-12(5,6)13/h9,15H,7-8,13H2,1-6H3,(H,14,16). The van der Waals surface area contributed by atoms with Gasteiger partial charge in [-0.3, -0.25) is 4.79 Å². The third-order valence-electron chi connectivity index (χ3n) is 1.92. The van der Waals surface area contributed by atoms with E-state index in [1.165, 1.54) is 0 Å². The number of carbonyl (C=O) groups is 1. The molecule has 5 nitrogen and oxygen atoms in total. The van der Waals surface area contributed by atoms with Crippen molar-refractivity contribution in [3.8, 4) is 0 Å². The van der Waals surface area contributed by atoms with E-state index in [1.807, 2.05) is 27.7 Å². The van der Waals surface area contributed by atoms with Crippen molar-refractivity contribution in [3.63, 3.8) is 0 Å². The first kappa shape index (κ1) is 16.4. The lowest BCUT2D eigenvalue weighted by molar-refractivity contribution is -0.123. The van der Waals surface area contributed by atoms with E-state index in [0.29, 0.717) is 13.2 Å². The first-order valence-corrected chi connectivity index (χ1v) is 5.99. The van der Waals surface area contributed by atoms with Crippen molar-refractivity contribution in [1.82, 2.24) is 10.6 Å². The number of nitrogens with one attached hydrogen (secondary N) is 2. The van der Waals surface area contributed by atoms with E-state index >= 15 is 0 Å². The van der Waals surface area contributed by atoms with Gasteiger partial charge in [-0.05, 0) is 41.5 Å². The van der Waals surface area contributed by atoms with Gasteiger partial charge in [0.05, 0.1) is 12.6 Å². The molecule has 1 atom stereocenters. The summed E-state index contributed by atoms with van der Waals surface area (Å²) in [4.78, 5) is 11.7. The molecule has 0 aromatic carbocycles. The van der Waals surface area contributed by atoms with Gasteiger partial charge in [0.2, 0.25) is 5.91 Å². The fraction of sp³-hybridized carbons (Fsp3) is 0.917. The van der Waals surface area contributed by atoms with Crippen molar-refractivity contribution in [3.05, 3.63) is 0 Å². The molecule has 4 N–H and O–H groups in total. The van der Waals surface area contributed by atoms with E-state index in [-0.39, 0.29) is 17.5 Å². The summed E-state index contributed by atoms with van der Waals surface area (Å²) in [5.74, 6) is -0.0293. The topological polar surface area (TPSA) is 76.4 Å². The zero-order valence-corrected chi connectivity index (χ0v) is 11.9. The summed E-state index contributed by atoms with van der Waals surface area (Å²) in [5.41, 5.74) is 4.92. The van der Waals surface area contributed by atoms with Crippen molar-refractivity contribution in [1.29, 1.82) is 0 Å². The summed E-state index contributed by atoms with van der Waals surface area (Å²) in [6.07, 6.45) is 0. The molecule has 1 unspecified atom stereocenters. The fourth-order valence-electron chi connectivity index (χ4n) is 1.36. The molecule has 0 saturated heterocycles. The number of carbonyl (C=O) groups excluding carboxylic acids is 1. The smallest absolute Gasteiger partial charge is 0.236 e. The Morgan fingerprint density at radius 3 is 2.24 bits per heavy atom. The molecule has 102 valence electrons. The van der Waals surface area contributed by atoms with Gasteiger partial charge < -0.3 is 21.1 Å². The lowest BCUT2D eigenvalue weighted by Crippen LogP contribution is -2.50. The normalized spacial score (nSPS) is 14.5. The Hall–Kier alpha value is -0.650. The second kappa shape index (κ2) is 6.33. The van der Waals surface area contributed by atoms with Crippen LogP contribution in [0.25, 0.3) is 0 Å². The Balaban J connectivity index is 3.80. The predicted octanol–water partition coefficient (Wildman–Crippen LogP) is 0.591. The van der Waals surface area contributed by atoms with Crippen LogP contribution < -0.4 is 16.4 Å². The zero-order chi connectivity index (χ0) is 13.7. The third kappa shape index (κ3) is 10.2. The van der Waals surface area contributed by atoms with Gasteiger partial charge in [-0.1, -0.05) is 0 Å². The van der Waals surface area contributed by atoms with Gasteiger partial charge in [0.25, 0.3) is 0 Å². The first-order valence-electron chi connectivity index (χ1n) is 5.99. The predicted molar refractivity (Wildman–Crippen MR) is 69.6 cm³/mol. The molecule has 0 rings (SSSR count). The van der Waals surface area contributed by atoms with Gasteiger partial charge in [0.15, 0.2) is 0 Å². The van der Waals surface area contributed by atoms with Gasteiger partial charge in [-0.2, -0.15) is 0 Å². The maximum Gasteiger partial charge on any atom is 0.236 e. The van der Waals surface area contributed by atoms with E-state index < -0.39 is 5.72 Å². The summed E-state index contributed by atoms with van der Waals surface area (Å²) < 4.78 is 5.30. The van der Waals surface area contributed by atoms with E-state index in [4.69, 9.17) is 10.5 Å². The Bertz CT molecular complexity index is 241. The lowest BCUT2D eigenvalue weighted by atomic mass is 10.1. The second-order valence-electron chi connectivity index (χ2n) is 5.86. The minimum atomic E-state index is -0.653. The number of hydrogen-bond donors (Lipinski definition) is 3. The Labute approximate surface area is 104 Å². The van der Waals surface area contributed by atoms with Gasteiger partial charge in [0, 0.05) is 12.1 Å². The summed E-state index contributed by atoms with van der Waals surface area (Å²) in [6, 6.07) is -0.221. The van der Waals surface area contributed by atoms with Crippen molar-refractivity contribution in [2.75, 3.05) is 13.2 Å². The highest BCUT2D eigenvalue weighted by atomic mass is 16.5. The van der Waals surface area contributed by atoms with E-state index in [1.54, 1.807) is 13.8 Å². The minimum absolute atomic E-state index is 0.0293. The molecule has 0 aliphatic rings. The van der Waals surface area contributed by atoms with Crippen LogP contribution >= 0.6 is 0 Å². The summed E-state index contributed by atoms with van der Waals surface area (Å²) >= 11 is 0. The van der Waals surface area contributed by atoms with Crippen molar-refractivity contribution in [2.45, 2.75) is 58.8 Å². The number of amides is 1. The highest BCUT2D eigenvalue weighted by Crippen LogP contribution is 2.01. The van der Waals surface area contributed by atoms with Crippen LogP contribution in [-0.2, 0) is 9.53 Å². The second-order valence-corrected chi connectivity index (χ2v) is 5.86. The first-order chi connectivity index (χ1) is 7.51. The molecule has 0 spiro atoms. The summed E-state index contributed by atoms with van der Waals surface area (Å²) in [6.45, 7) is 12.4. The Morgan fingerprint density at radius 2 is 1.82 bits per heavy atom.